The Balaban J connectivity index is 1.77. The molecule has 0 aromatic carbocycles. The van der Waals surface area contributed by atoms with E-state index in [0.29, 0.717) is 19.3 Å². The summed E-state index contributed by atoms with van der Waals surface area (Å²) in [5.74, 6) is -6.21. The second kappa shape index (κ2) is 4.84. The Hall–Kier alpha value is -1.22. The van der Waals surface area contributed by atoms with Crippen LogP contribution in [-0.4, -0.2) is 63.1 Å². The summed E-state index contributed by atoms with van der Waals surface area (Å²) >= 11 is 0. The highest BCUT2D eigenvalue weighted by Crippen LogP contribution is 2.76. The average molecular weight is 382 g/mol. The molecule has 0 aromatic heterocycles. The molecule has 8 nitrogen and oxygen atoms in total. The topological polar surface area (TPSA) is 134 Å². The van der Waals surface area contributed by atoms with E-state index in [-0.39, 0.29) is 24.4 Å². The number of aliphatic carboxylic acids is 1. The molecule has 3 saturated heterocycles. The lowest BCUT2D eigenvalue weighted by Gasteiger charge is -2.72. The molecule has 0 aromatic rings. The van der Waals surface area contributed by atoms with Gasteiger partial charge in [-0.2, -0.15) is 0 Å². The predicted molar refractivity (Wildman–Crippen MR) is 88.0 cm³/mol. The molecular formula is C19H26O8. The van der Waals surface area contributed by atoms with E-state index in [1.54, 1.807) is 0 Å². The van der Waals surface area contributed by atoms with Gasteiger partial charge >= 0.3 is 11.9 Å². The van der Waals surface area contributed by atoms with Crippen molar-refractivity contribution in [3.63, 3.8) is 0 Å². The number of carboxylic acid groups (broad SMARTS) is 1. The first kappa shape index (κ1) is 17.8. The average Bonchev–Trinajstić information content (AvgIpc) is 2.75. The third-order valence-corrected chi connectivity index (χ3v) is 8.63. The predicted octanol–water partition coefficient (Wildman–Crippen LogP) is -0.114. The molecule has 3 heterocycles. The van der Waals surface area contributed by atoms with Gasteiger partial charge in [0.15, 0.2) is 11.5 Å². The number of aliphatic hydroxyl groups excluding tert-OH is 2. The quantitative estimate of drug-likeness (QED) is 0.462. The molecule has 6 fully saturated rings. The van der Waals surface area contributed by atoms with E-state index in [9.17, 15) is 30.0 Å². The fourth-order valence-electron chi connectivity index (χ4n) is 7.63. The van der Waals surface area contributed by atoms with Crippen molar-refractivity contribution in [3.8, 4) is 0 Å². The van der Waals surface area contributed by atoms with E-state index in [2.05, 4.69) is 0 Å². The summed E-state index contributed by atoms with van der Waals surface area (Å²) < 4.78 is 11.5. The molecule has 0 amide bonds. The molecule has 150 valence electrons. The normalized spacial score (nSPS) is 57.6. The van der Waals surface area contributed by atoms with Crippen LogP contribution in [0.5, 0.6) is 0 Å². The van der Waals surface area contributed by atoms with Gasteiger partial charge in [-0.15, -0.1) is 0 Å². The van der Waals surface area contributed by atoms with Crippen LogP contribution in [-0.2, 0) is 19.1 Å². The molecule has 8 heteroatoms. The summed E-state index contributed by atoms with van der Waals surface area (Å²) in [6.45, 7) is 4.16. The van der Waals surface area contributed by atoms with Crippen molar-refractivity contribution in [2.75, 3.05) is 6.61 Å². The molecule has 6 aliphatic rings. The van der Waals surface area contributed by atoms with Gasteiger partial charge in [0.1, 0.15) is 0 Å². The number of carbonyl (C=O) groups is 2. The maximum absolute atomic E-state index is 13.1. The highest BCUT2D eigenvalue weighted by Gasteiger charge is 2.90. The minimum Gasteiger partial charge on any atom is -0.481 e. The number of hydrogen-bond acceptors (Lipinski definition) is 7. The molecule has 0 unspecified atom stereocenters. The Labute approximate surface area is 156 Å². The van der Waals surface area contributed by atoms with Crippen LogP contribution in [0.25, 0.3) is 0 Å². The Morgan fingerprint density at radius 3 is 2.56 bits per heavy atom. The number of fused-ring (bicyclic) bond motifs is 1. The lowest BCUT2D eigenvalue weighted by atomic mass is 9.35. The van der Waals surface area contributed by atoms with Crippen LogP contribution >= 0.6 is 0 Å². The minimum absolute atomic E-state index is 0.0722. The highest BCUT2D eigenvalue weighted by atomic mass is 16.7. The van der Waals surface area contributed by atoms with Gasteiger partial charge in [-0.25, -0.2) is 0 Å². The summed E-state index contributed by atoms with van der Waals surface area (Å²) in [6, 6.07) is 0. The van der Waals surface area contributed by atoms with Gasteiger partial charge in [-0.1, -0.05) is 13.8 Å². The van der Waals surface area contributed by atoms with Gasteiger partial charge in [0.25, 0.3) is 0 Å². The van der Waals surface area contributed by atoms with Crippen molar-refractivity contribution in [2.24, 2.45) is 34.0 Å². The van der Waals surface area contributed by atoms with Crippen LogP contribution in [0, 0.1) is 34.0 Å². The Morgan fingerprint density at radius 2 is 1.89 bits per heavy atom. The zero-order valence-corrected chi connectivity index (χ0v) is 15.4. The molecule has 9 atom stereocenters. The number of carbonyl (C=O) groups excluding carboxylic acids is 1. The molecule has 3 aliphatic carbocycles. The van der Waals surface area contributed by atoms with E-state index < -0.39 is 58.7 Å². The Kier molecular flexibility index (Phi) is 3.20. The van der Waals surface area contributed by atoms with Crippen molar-refractivity contribution in [1.29, 1.82) is 0 Å². The SMILES string of the molecule is CC1(C)CC[C@H](O)[C@@]23CO[C@@]4(O)[C@@H](OC(=O)[C@@]45[C@H](O)[C@H](C(=O)O)CC[C@@H]25)[C@H]13. The first-order chi connectivity index (χ1) is 12.5. The van der Waals surface area contributed by atoms with Crippen molar-refractivity contribution in [1.82, 2.24) is 0 Å². The fourth-order valence-corrected chi connectivity index (χ4v) is 7.63. The van der Waals surface area contributed by atoms with Crippen molar-refractivity contribution >= 4 is 11.9 Å². The molecule has 0 radical (unpaired) electrons. The maximum atomic E-state index is 13.1. The highest BCUT2D eigenvalue weighted by molar-refractivity contribution is 5.86. The molecule has 4 N–H and O–H groups in total. The zero-order valence-electron chi connectivity index (χ0n) is 15.4. The van der Waals surface area contributed by atoms with Crippen LogP contribution in [0.3, 0.4) is 0 Å². The summed E-state index contributed by atoms with van der Waals surface area (Å²) in [7, 11) is 0. The zero-order chi connectivity index (χ0) is 19.6. The summed E-state index contributed by atoms with van der Waals surface area (Å²) in [5, 5.41) is 43.3. The molecule has 3 saturated carbocycles. The molecule has 27 heavy (non-hydrogen) atoms. The van der Waals surface area contributed by atoms with Gasteiger partial charge in [0.2, 0.25) is 5.79 Å². The third-order valence-electron chi connectivity index (χ3n) is 8.63. The van der Waals surface area contributed by atoms with E-state index in [1.165, 1.54) is 0 Å². The number of carboxylic acids is 1. The van der Waals surface area contributed by atoms with Gasteiger partial charge in [0, 0.05) is 11.3 Å². The van der Waals surface area contributed by atoms with Gasteiger partial charge < -0.3 is 29.9 Å². The molecular weight excluding hydrogens is 356 g/mol. The minimum atomic E-state index is -2.08. The Morgan fingerprint density at radius 1 is 1.19 bits per heavy atom. The number of ether oxygens (including phenoxy) is 2. The standard InChI is InChI=1S/C19H26O8/c1-16(2)6-5-10(20)17-7-26-19(25)13(11(16)17)27-15(24)18(19)9(17)4-3-8(12(18)21)14(22)23/h8-13,20-21,25H,3-7H2,1-2H3,(H,22,23)/t8-,9+,10+,11-,12-,13+,17-,18-,19+/m1/s1. The van der Waals surface area contributed by atoms with Crippen LogP contribution < -0.4 is 0 Å². The van der Waals surface area contributed by atoms with Crippen LogP contribution in [0.1, 0.15) is 39.5 Å². The van der Waals surface area contributed by atoms with E-state index >= 15 is 0 Å². The van der Waals surface area contributed by atoms with Gasteiger partial charge in [0.05, 0.1) is 24.7 Å². The molecule has 6 rings (SSSR count). The van der Waals surface area contributed by atoms with Crippen LogP contribution in [0.2, 0.25) is 0 Å². The second-order valence-electron chi connectivity index (χ2n) is 9.83. The van der Waals surface area contributed by atoms with Crippen molar-refractivity contribution in [3.05, 3.63) is 0 Å². The molecule has 3 aliphatic heterocycles. The third kappa shape index (κ3) is 1.60. The summed E-state index contributed by atoms with van der Waals surface area (Å²) in [5.41, 5.74) is -3.04. The van der Waals surface area contributed by atoms with Crippen molar-refractivity contribution < 1.29 is 39.5 Å². The van der Waals surface area contributed by atoms with Crippen molar-refractivity contribution in [2.45, 2.75) is 63.6 Å². The van der Waals surface area contributed by atoms with E-state index in [1.807, 2.05) is 13.8 Å². The first-order valence-corrected chi connectivity index (χ1v) is 9.71. The Bertz CT molecular complexity index is 735. The lowest BCUT2D eigenvalue weighted by molar-refractivity contribution is -0.435. The lowest BCUT2D eigenvalue weighted by Crippen LogP contribution is -2.83. The molecule has 2 spiro atoms. The number of rotatable bonds is 1. The number of esters is 1. The second-order valence-corrected chi connectivity index (χ2v) is 9.83. The van der Waals surface area contributed by atoms with E-state index in [4.69, 9.17) is 9.47 Å². The summed E-state index contributed by atoms with van der Waals surface area (Å²) in [4.78, 5) is 24.8. The largest absolute Gasteiger partial charge is 0.481 e. The number of aliphatic hydroxyl groups is 3. The maximum Gasteiger partial charge on any atom is 0.321 e. The number of hydrogen-bond donors (Lipinski definition) is 4. The smallest absolute Gasteiger partial charge is 0.321 e. The van der Waals surface area contributed by atoms with Gasteiger partial charge in [-0.3, -0.25) is 9.59 Å². The van der Waals surface area contributed by atoms with E-state index in [0.717, 1.165) is 0 Å². The molecule has 4 bridgehead atoms. The van der Waals surface area contributed by atoms with Crippen LogP contribution in [0.15, 0.2) is 0 Å². The first-order valence-electron chi connectivity index (χ1n) is 9.71. The van der Waals surface area contributed by atoms with Crippen LogP contribution in [0.4, 0.5) is 0 Å². The van der Waals surface area contributed by atoms with Gasteiger partial charge in [-0.05, 0) is 37.0 Å². The summed E-state index contributed by atoms with van der Waals surface area (Å²) in [6.07, 6.45) is -1.70. The monoisotopic (exact) mass is 382 g/mol. The fraction of sp³-hybridized carbons (Fsp3) is 0.895.